The van der Waals surface area contributed by atoms with Gasteiger partial charge in [-0.2, -0.15) is 0 Å². The van der Waals surface area contributed by atoms with Crippen molar-refractivity contribution in [2.24, 2.45) is 10.7 Å². The van der Waals surface area contributed by atoms with Gasteiger partial charge in [0.15, 0.2) is 34.8 Å². The largest absolute Gasteiger partial charge is 0.484 e. The molecule has 0 aliphatic carbocycles. The summed E-state index contributed by atoms with van der Waals surface area (Å²) in [5.41, 5.74) is 7.11. The number of amides is 2. The minimum atomic E-state index is -0.558. The van der Waals surface area contributed by atoms with Crippen molar-refractivity contribution in [3.63, 3.8) is 0 Å². The van der Waals surface area contributed by atoms with Crippen molar-refractivity contribution >= 4 is 46.2 Å². The van der Waals surface area contributed by atoms with Crippen molar-refractivity contribution < 1.29 is 33.3 Å². The first-order valence-electron chi connectivity index (χ1n) is 11.2. The summed E-state index contributed by atoms with van der Waals surface area (Å²) in [6.45, 7) is 0.0774. The van der Waals surface area contributed by atoms with Crippen molar-refractivity contribution in [1.82, 2.24) is 0 Å². The molecule has 186 valence electrons. The summed E-state index contributed by atoms with van der Waals surface area (Å²) in [5, 5.41) is 0.468. The van der Waals surface area contributed by atoms with Crippen molar-refractivity contribution in [2.45, 2.75) is 0 Å². The Labute approximate surface area is 215 Å². The van der Waals surface area contributed by atoms with E-state index in [0.29, 0.717) is 50.2 Å². The molecule has 37 heavy (non-hydrogen) atoms. The second-order valence-corrected chi connectivity index (χ2v) is 9.05. The number of amidine groups is 1. The first-order chi connectivity index (χ1) is 18.0. The molecule has 3 aliphatic heterocycles. The maximum Gasteiger partial charge on any atom is 0.271 e. The van der Waals surface area contributed by atoms with Gasteiger partial charge in [-0.05, 0) is 59.8 Å². The molecule has 1 saturated heterocycles. The molecule has 2 N–H and O–H groups in total. The summed E-state index contributed by atoms with van der Waals surface area (Å²) in [6.07, 6.45) is 1.77. The third-order valence-electron chi connectivity index (χ3n) is 5.56. The fourth-order valence-electron chi connectivity index (χ4n) is 3.83. The summed E-state index contributed by atoms with van der Waals surface area (Å²) in [5.74, 6) is 2.12. The van der Waals surface area contributed by atoms with Crippen LogP contribution in [0.4, 0.5) is 11.4 Å². The zero-order chi connectivity index (χ0) is 25.4. The predicted octanol–water partition coefficient (Wildman–Crippen LogP) is 3.82. The van der Waals surface area contributed by atoms with E-state index in [-0.39, 0.29) is 26.1 Å². The molecule has 6 rings (SSSR count). The lowest BCUT2D eigenvalue weighted by Crippen LogP contribution is -2.28. The van der Waals surface area contributed by atoms with Crippen LogP contribution in [-0.4, -0.2) is 37.2 Å². The highest BCUT2D eigenvalue weighted by Crippen LogP contribution is 2.42. The van der Waals surface area contributed by atoms with E-state index in [1.807, 2.05) is 0 Å². The van der Waals surface area contributed by atoms with Gasteiger partial charge >= 0.3 is 0 Å². The fourth-order valence-corrected chi connectivity index (χ4v) is 4.83. The highest BCUT2D eigenvalue weighted by Gasteiger charge is 2.35. The third kappa shape index (κ3) is 4.64. The molecule has 0 spiro atoms. The highest BCUT2D eigenvalue weighted by molar-refractivity contribution is 8.19. The molecule has 3 aromatic carbocycles. The number of nitrogens with zero attached hydrogens (tertiary/aromatic N) is 2. The standard InChI is InChI=1S/C26H19N3O7S/c27-24(30)12-32-18-5-1-15(2-6-18)9-23-25(31)29(17-4-8-20-22(11-17)36-14-34-20)26(37-23)28-16-3-7-19-21(10-16)35-13-33-19/h1-11H,12-14H2,(H2,27,30)/b23-9+,28-26?. The minimum absolute atomic E-state index is 0.129. The van der Waals surface area contributed by atoms with Crippen LogP contribution in [0.5, 0.6) is 28.7 Å². The topological polar surface area (TPSA) is 122 Å². The molecular weight excluding hydrogens is 498 g/mol. The molecule has 0 atom stereocenters. The summed E-state index contributed by atoms with van der Waals surface area (Å²) in [4.78, 5) is 31.3. The average Bonchev–Trinajstić information content (AvgIpc) is 3.62. The SMILES string of the molecule is NC(=O)COc1ccc(/C=C2/SC(=Nc3ccc4c(c3)OCO4)N(c3ccc4c(c3)OCO4)C2=O)cc1. The number of primary amides is 1. The van der Waals surface area contributed by atoms with E-state index in [4.69, 9.17) is 34.4 Å². The van der Waals surface area contributed by atoms with E-state index in [2.05, 4.69) is 0 Å². The molecule has 0 aromatic heterocycles. The molecule has 2 amide bonds. The van der Waals surface area contributed by atoms with Gasteiger partial charge in [-0.25, -0.2) is 4.99 Å². The van der Waals surface area contributed by atoms with Gasteiger partial charge in [-0.1, -0.05) is 12.1 Å². The van der Waals surface area contributed by atoms with Gasteiger partial charge in [-0.3, -0.25) is 14.5 Å². The Kier molecular flexibility index (Phi) is 5.81. The van der Waals surface area contributed by atoms with Crippen LogP contribution in [0.3, 0.4) is 0 Å². The number of carbonyl (C=O) groups is 2. The van der Waals surface area contributed by atoms with E-state index in [1.54, 1.807) is 66.7 Å². The van der Waals surface area contributed by atoms with Crippen LogP contribution in [0.25, 0.3) is 6.08 Å². The molecule has 0 bridgehead atoms. The lowest BCUT2D eigenvalue weighted by molar-refractivity contribution is -0.120. The smallest absolute Gasteiger partial charge is 0.271 e. The summed E-state index contributed by atoms with van der Waals surface area (Å²) in [7, 11) is 0. The average molecular weight is 518 g/mol. The number of hydrogen-bond donors (Lipinski definition) is 1. The fraction of sp³-hybridized carbons (Fsp3) is 0.115. The Morgan fingerprint density at radius 2 is 1.62 bits per heavy atom. The number of anilines is 1. The summed E-state index contributed by atoms with van der Waals surface area (Å²) >= 11 is 1.25. The third-order valence-corrected chi connectivity index (χ3v) is 6.53. The molecule has 0 saturated carbocycles. The van der Waals surface area contributed by atoms with Crippen molar-refractivity contribution in [1.29, 1.82) is 0 Å². The van der Waals surface area contributed by atoms with Crippen LogP contribution in [0.2, 0.25) is 0 Å². The van der Waals surface area contributed by atoms with E-state index in [1.165, 1.54) is 16.7 Å². The number of aliphatic imine (C=N–C) groups is 1. The van der Waals surface area contributed by atoms with Crippen LogP contribution >= 0.6 is 11.8 Å². The predicted molar refractivity (Wildman–Crippen MR) is 136 cm³/mol. The Morgan fingerprint density at radius 1 is 0.946 bits per heavy atom. The highest BCUT2D eigenvalue weighted by atomic mass is 32.2. The molecule has 0 radical (unpaired) electrons. The normalized spacial score (nSPS) is 17.6. The molecule has 3 heterocycles. The van der Waals surface area contributed by atoms with Gasteiger partial charge in [0, 0.05) is 12.1 Å². The zero-order valence-corrected chi connectivity index (χ0v) is 20.0. The number of thioether (sulfide) groups is 1. The zero-order valence-electron chi connectivity index (χ0n) is 19.2. The van der Waals surface area contributed by atoms with E-state index < -0.39 is 5.91 Å². The maximum absolute atomic E-state index is 13.6. The van der Waals surface area contributed by atoms with E-state index >= 15 is 0 Å². The molecule has 0 unspecified atom stereocenters. The number of nitrogens with two attached hydrogens (primary N) is 1. The monoisotopic (exact) mass is 517 g/mol. The summed E-state index contributed by atoms with van der Waals surface area (Å²) < 4.78 is 27.1. The van der Waals surface area contributed by atoms with Gasteiger partial charge in [0.1, 0.15) is 5.75 Å². The molecule has 1 fully saturated rings. The maximum atomic E-state index is 13.6. The van der Waals surface area contributed by atoms with Gasteiger partial charge in [0.2, 0.25) is 13.6 Å². The molecule has 11 heteroatoms. The number of benzene rings is 3. The first kappa shape index (κ1) is 22.8. The summed E-state index contributed by atoms with van der Waals surface area (Å²) in [6, 6.07) is 17.6. The lowest BCUT2D eigenvalue weighted by Gasteiger charge is -2.16. The van der Waals surface area contributed by atoms with Gasteiger partial charge in [0.05, 0.1) is 16.3 Å². The Balaban J connectivity index is 1.34. The Hall–Kier alpha value is -4.64. The van der Waals surface area contributed by atoms with Gasteiger partial charge < -0.3 is 29.4 Å². The van der Waals surface area contributed by atoms with Gasteiger partial charge in [-0.15, -0.1) is 0 Å². The quantitative estimate of drug-likeness (QED) is 0.490. The number of fused-ring (bicyclic) bond motifs is 2. The molecular formula is C26H19N3O7S. The van der Waals surface area contributed by atoms with Crippen LogP contribution in [-0.2, 0) is 9.59 Å². The second kappa shape index (κ2) is 9.43. The second-order valence-electron chi connectivity index (χ2n) is 8.04. The van der Waals surface area contributed by atoms with Crippen LogP contribution in [0.1, 0.15) is 5.56 Å². The van der Waals surface area contributed by atoms with Crippen LogP contribution in [0, 0.1) is 0 Å². The van der Waals surface area contributed by atoms with Crippen LogP contribution in [0.15, 0.2) is 70.6 Å². The molecule has 10 nitrogen and oxygen atoms in total. The van der Waals surface area contributed by atoms with Gasteiger partial charge in [0.25, 0.3) is 11.8 Å². The lowest BCUT2D eigenvalue weighted by atomic mass is 10.2. The van der Waals surface area contributed by atoms with Crippen molar-refractivity contribution in [3.8, 4) is 28.7 Å². The van der Waals surface area contributed by atoms with E-state index in [9.17, 15) is 9.59 Å². The van der Waals surface area contributed by atoms with Crippen molar-refractivity contribution in [3.05, 3.63) is 71.1 Å². The first-order valence-corrected chi connectivity index (χ1v) is 12.0. The number of ether oxygens (including phenoxy) is 5. The van der Waals surface area contributed by atoms with Crippen LogP contribution < -0.4 is 34.3 Å². The Morgan fingerprint density at radius 3 is 2.35 bits per heavy atom. The molecule has 3 aliphatic rings. The minimum Gasteiger partial charge on any atom is -0.484 e. The van der Waals surface area contributed by atoms with Crippen molar-refractivity contribution in [2.75, 3.05) is 25.1 Å². The number of hydrogen-bond acceptors (Lipinski definition) is 9. The number of rotatable bonds is 6. The Bertz CT molecular complexity index is 1470. The number of carbonyl (C=O) groups excluding carboxylic acids is 2. The molecule has 3 aromatic rings. The van der Waals surface area contributed by atoms with E-state index in [0.717, 1.165) is 5.56 Å².